The van der Waals surface area contributed by atoms with Crippen molar-refractivity contribution in [3.8, 4) is 0 Å². The molecular formula is C11H18NO2+. The van der Waals surface area contributed by atoms with Gasteiger partial charge in [-0.3, -0.25) is 5.21 Å². The molecule has 1 atom stereocenters. The highest BCUT2D eigenvalue weighted by Crippen LogP contribution is 2.34. The highest BCUT2D eigenvalue weighted by Gasteiger charge is 2.27. The van der Waals surface area contributed by atoms with E-state index in [4.69, 9.17) is 4.74 Å². The van der Waals surface area contributed by atoms with Gasteiger partial charge in [-0.1, -0.05) is 20.8 Å². The Morgan fingerprint density at radius 1 is 1.43 bits per heavy atom. The molecule has 14 heavy (non-hydrogen) atoms. The van der Waals surface area contributed by atoms with Crippen molar-refractivity contribution in [3.05, 3.63) is 30.1 Å². The van der Waals surface area contributed by atoms with E-state index in [0.717, 1.165) is 10.3 Å². The second-order valence-corrected chi connectivity index (χ2v) is 4.50. The van der Waals surface area contributed by atoms with Gasteiger partial charge in [-0.15, -0.1) is 0 Å². The van der Waals surface area contributed by atoms with E-state index in [9.17, 15) is 5.21 Å². The lowest BCUT2D eigenvalue weighted by molar-refractivity contribution is -0.905. The smallest absolute Gasteiger partial charge is 0.228 e. The van der Waals surface area contributed by atoms with Gasteiger partial charge in [0.25, 0.3) is 0 Å². The van der Waals surface area contributed by atoms with Gasteiger partial charge in [-0.25, -0.2) is 0 Å². The number of ether oxygens (including phenoxy) is 1. The second kappa shape index (κ2) is 3.96. The molecule has 0 aliphatic heterocycles. The molecule has 1 aromatic heterocycles. The maximum atomic E-state index is 9.28. The van der Waals surface area contributed by atoms with Crippen molar-refractivity contribution in [2.24, 2.45) is 5.41 Å². The van der Waals surface area contributed by atoms with Gasteiger partial charge in [0, 0.05) is 17.9 Å². The first-order chi connectivity index (χ1) is 6.45. The first-order valence-corrected chi connectivity index (χ1v) is 4.68. The van der Waals surface area contributed by atoms with Crippen molar-refractivity contribution in [3.63, 3.8) is 0 Å². The molecule has 0 aliphatic rings. The van der Waals surface area contributed by atoms with E-state index in [2.05, 4.69) is 20.8 Å². The zero-order chi connectivity index (χ0) is 10.8. The number of methoxy groups -OCH3 is 1. The van der Waals surface area contributed by atoms with Crippen LogP contribution >= 0.6 is 0 Å². The fraction of sp³-hybridized carbons (Fsp3) is 0.545. The minimum absolute atomic E-state index is 0.0119. The molecule has 1 aromatic rings. The maximum Gasteiger partial charge on any atom is 0.228 e. The standard InChI is InChI=1S/C11H18NO2/c1-11(2,3)10(14-4)9-6-5-7-12(13)8-9/h5-8,10,13H,1-4H3/q+1. The minimum atomic E-state index is -0.0119. The Morgan fingerprint density at radius 3 is 2.50 bits per heavy atom. The molecular weight excluding hydrogens is 178 g/mol. The van der Waals surface area contributed by atoms with Crippen LogP contribution in [0.5, 0.6) is 0 Å². The molecule has 0 aliphatic carbocycles. The zero-order valence-corrected chi connectivity index (χ0v) is 9.19. The highest BCUT2D eigenvalue weighted by molar-refractivity contribution is 5.11. The van der Waals surface area contributed by atoms with Crippen LogP contribution in [-0.2, 0) is 4.74 Å². The third-order valence-corrected chi connectivity index (χ3v) is 2.13. The van der Waals surface area contributed by atoms with Crippen LogP contribution in [0.15, 0.2) is 24.5 Å². The van der Waals surface area contributed by atoms with Gasteiger partial charge in [0.2, 0.25) is 12.4 Å². The van der Waals surface area contributed by atoms with E-state index in [-0.39, 0.29) is 11.5 Å². The number of hydrogen-bond acceptors (Lipinski definition) is 2. The van der Waals surface area contributed by atoms with E-state index >= 15 is 0 Å². The Hall–Kier alpha value is -1.09. The highest BCUT2D eigenvalue weighted by atomic mass is 16.5. The lowest BCUT2D eigenvalue weighted by atomic mass is 9.85. The van der Waals surface area contributed by atoms with E-state index in [0.29, 0.717) is 0 Å². The lowest BCUT2D eigenvalue weighted by Crippen LogP contribution is -2.31. The third kappa shape index (κ3) is 2.45. The van der Waals surface area contributed by atoms with Crippen LogP contribution in [0.2, 0.25) is 0 Å². The summed E-state index contributed by atoms with van der Waals surface area (Å²) >= 11 is 0. The predicted octanol–water partition coefficient (Wildman–Crippen LogP) is 1.95. The molecule has 0 radical (unpaired) electrons. The fourth-order valence-corrected chi connectivity index (χ4v) is 1.63. The topological polar surface area (TPSA) is 33.3 Å². The molecule has 1 heterocycles. The summed E-state index contributed by atoms with van der Waals surface area (Å²) in [7, 11) is 1.69. The van der Waals surface area contributed by atoms with Crippen molar-refractivity contribution in [2.75, 3.05) is 7.11 Å². The van der Waals surface area contributed by atoms with E-state index < -0.39 is 0 Å². The Morgan fingerprint density at radius 2 is 2.07 bits per heavy atom. The largest absolute Gasteiger partial charge is 0.376 e. The van der Waals surface area contributed by atoms with Crippen molar-refractivity contribution < 1.29 is 14.7 Å². The minimum Gasteiger partial charge on any atom is -0.376 e. The molecule has 3 heteroatoms. The molecule has 0 amide bonds. The molecule has 1 N–H and O–H groups in total. The number of pyridine rings is 1. The quantitative estimate of drug-likeness (QED) is 0.579. The molecule has 0 saturated heterocycles. The average molecular weight is 196 g/mol. The molecule has 0 spiro atoms. The van der Waals surface area contributed by atoms with Gasteiger partial charge < -0.3 is 4.74 Å². The number of nitrogens with zero attached hydrogens (tertiary/aromatic N) is 1. The van der Waals surface area contributed by atoms with Crippen LogP contribution in [0, 0.1) is 5.41 Å². The van der Waals surface area contributed by atoms with Gasteiger partial charge in [-0.05, 0) is 11.5 Å². The Kier molecular flexibility index (Phi) is 3.11. The molecule has 78 valence electrons. The summed E-state index contributed by atoms with van der Waals surface area (Å²) in [5, 5.41) is 9.28. The summed E-state index contributed by atoms with van der Waals surface area (Å²) < 4.78 is 6.48. The van der Waals surface area contributed by atoms with Crippen LogP contribution in [-0.4, -0.2) is 12.3 Å². The summed E-state index contributed by atoms with van der Waals surface area (Å²) in [6.45, 7) is 6.32. The number of rotatable bonds is 2. The first-order valence-electron chi connectivity index (χ1n) is 4.68. The lowest BCUT2D eigenvalue weighted by Gasteiger charge is -2.28. The van der Waals surface area contributed by atoms with E-state index in [1.807, 2.05) is 6.07 Å². The molecule has 3 nitrogen and oxygen atoms in total. The molecule has 1 rings (SSSR count). The maximum absolute atomic E-state index is 9.28. The number of hydrogen-bond donors (Lipinski definition) is 1. The predicted molar refractivity (Wildman–Crippen MR) is 53.0 cm³/mol. The molecule has 1 unspecified atom stereocenters. The average Bonchev–Trinajstić information content (AvgIpc) is 2.02. The van der Waals surface area contributed by atoms with Crippen LogP contribution in [0.25, 0.3) is 0 Å². The fourth-order valence-electron chi connectivity index (χ4n) is 1.63. The van der Waals surface area contributed by atoms with Crippen LogP contribution in [0.3, 0.4) is 0 Å². The molecule has 0 fully saturated rings. The Bertz CT molecular complexity index is 304. The zero-order valence-electron chi connectivity index (χ0n) is 9.19. The third-order valence-electron chi connectivity index (χ3n) is 2.13. The van der Waals surface area contributed by atoms with Crippen molar-refractivity contribution >= 4 is 0 Å². The van der Waals surface area contributed by atoms with Gasteiger partial charge >= 0.3 is 0 Å². The van der Waals surface area contributed by atoms with E-state index in [1.165, 1.54) is 0 Å². The Labute approximate surface area is 84.9 Å². The second-order valence-electron chi connectivity index (χ2n) is 4.50. The summed E-state index contributed by atoms with van der Waals surface area (Å²) in [5.74, 6) is 0. The monoisotopic (exact) mass is 196 g/mol. The van der Waals surface area contributed by atoms with E-state index in [1.54, 1.807) is 25.6 Å². The van der Waals surface area contributed by atoms with Crippen LogP contribution < -0.4 is 4.73 Å². The van der Waals surface area contributed by atoms with Crippen molar-refractivity contribution in [1.29, 1.82) is 0 Å². The Balaban J connectivity index is 3.01. The summed E-state index contributed by atoms with van der Waals surface area (Å²) in [4.78, 5) is 0. The summed E-state index contributed by atoms with van der Waals surface area (Å²) in [6, 6.07) is 3.75. The van der Waals surface area contributed by atoms with Gasteiger partial charge in [0.1, 0.15) is 0 Å². The van der Waals surface area contributed by atoms with Crippen molar-refractivity contribution in [1.82, 2.24) is 0 Å². The summed E-state index contributed by atoms with van der Waals surface area (Å²) in [5.41, 5.74) is 0.994. The van der Waals surface area contributed by atoms with Crippen LogP contribution in [0.4, 0.5) is 0 Å². The van der Waals surface area contributed by atoms with Crippen LogP contribution in [0.1, 0.15) is 32.4 Å². The van der Waals surface area contributed by atoms with Gasteiger partial charge in [-0.2, -0.15) is 0 Å². The SMILES string of the molecule is COC(c1ccc[n+](O)c1)C(C)(C)C. The molecule has 0 aromatic carbocycles. The van der Waals surface area contributed by atoms with Crippen molar-refractivity contribution in [2.45, 2.75) is 26.9 Å². The van der Waals surface area contributed by atoms with Gasteiger partial charge in [0.05, 0.1) is 11.7 Å². The summed E-state index contributed by atoms with van der Waals surface area (Å²) in [6.07, 6.45) is 3.24. The number of aromatic nitrogens is 1. The molecule has 0 saturated carbocycles. The normalized spacial score (nSPS) is 14.0. The van der Waals surface area contributed by atoms with Gasteiger partial charge in [0.15, 0.2) is 0 Å². The molecule has 0 bridgehead atoms. The first kappa shape index (κ1) is 11.0.